The molecule has 1 aromatic carbocycles. The van der Waals surface area contributed by atoms with Gasteiger partial charge in [0.05, 0.1) is 28.6 Å². The Morgan fingerprint density at radius 2 is 2.03 bits per heavy atom. The van der Waals surface area contributed by atoms with Crippen LogP contribution in [0.2, 0.25) is 0 Å². The van der Waals surface area contributed by atoms with Gasteiger partial charge in [0.25, 0.3) is 0 Å². The predicted molar refractivity (Wildman–Crippen MR) is 118 cm³/mol. The SMILES string of the molecule is CNS(=O)(=O)c1ccc(-c2cc3nccnc3c(NCSC3CNCCO3)n2)cc1. The van der Waals surface area contributed by atoms with Gasteiger partial charge in [0.2, 0.25) is 10.0 Å². The highest BCUT2D eigenvalue weighted by atomic mass is 32.2. The van der Waals surface area contributed by atoms with Crippen LogP contribution in [0.5, 0.6) is 0 Å². The van der Waals surface area contributed by atoms with E-state index in [1.54, 1.807) is 48.4 Å². The topological polar surface area (TPSA) is 118 Å². The van der Waals surface area contributed by atoms with Crippen LogP contribution in [-0.2, 0) is 14.8 Å². The van der Waals surface area contributed by atoms with Crippen molar-refractivity contribution in [3.8, 4) is 11.3 Å². The third-order valence-electron chi connectivity index (χ3n) is 4.59. The molecule has 1 aliphatic rings. The lowest BCUT2D eigenvalue weighted by Crippen LogP contribution is -2.37. The van der Waals surface area contributed by atoms with Gasteiger partial charge < -0.3 is 15.4 Å². The van der Waals surface area contributed by atoms with E-state index in [-0.39, 0.29) is 10.3 Å². The Balaban J connectivity index is 1.59. The first-order valence-electron chi connectivity index (χ1n) is 9.40. The fourth-order valence-electron chi connectivity index (χ4n) is 3.02. The molecule has 4 rings (SSSR count). The van der Waals surface area contributed by atoms with Gasteiger partial charge >= 0.3 is 0 Å². The Hall–Kier alpha value is -2.31. The summed E-state index contributed by atoms with van der Waals surface area (Å²) in [6.07, 6.45) is 3.27. The summed E-state index contributed by atoms with van der Waals surface area (Å²) in [6, 6.07) is 8.42. The van der Waals surface area contributed by atoms with E-state index in [1.807, 2.05) is 6.07 Å². The normalized spacial score (nSPS) is 17.2. The molecule has 158 valence electrons. The molecule has 0 spiro atoms. The number of pyridine rings is 1. The Morgan fingerprint density at radius 3 is 2.77 bits per heavy atom. The molecule has 1 fully saturated rings. The minimum absolute atomic E-state index is 0.0912. The van der Waals surface area contributed by atoms with Crippen LogP contribution in [-0.4, -0.2) is 61.4 Å². The molecule has 1 saturated heterocycles. The molecule has 30 heavy (non-hydrogen) atoms. The van der Waals surface area contributed by atoms with E-state index in [0.29, 0.717) is 35.0 Å². The van der Waals surface area contributed by atoms with E-state index in [1.165, 1.54) is 7.05 Å². The molecule has 1 unspecified atom stereocenters. The molecule has 3 aromatic rings. The predicted octanol–water partition coefficient (Wildman–Crippen LogP) is 1.65. The van der Waals surface area contributed by atoms with Crippen LogP contribution in [0.3, 0.4) is 0 Å². The van der Waals surface area contributed by atoms with Crippen LogP contribution in [0.15, 0.2) is 47.6 Å². The van der Waals surface area contributed by atoms with Crippen molar-refractivity contribution >= 4 is 38.6 Å². The molecule has 0 amide bonds. The molecule has 0 bridgehead atoms. The number of hydrogen-bond acceptors (Lipinski definition) is 9. The van der Waals surface area contributed by atoms with Gasteiger partial charge in [0, 0.05) is 31.0 Å². The monoisotopic (exact) mass is 446 g/mol. The number of ether oxygens (including phenoxy) is 1. The quantitative estimate of drug-likeness (QED) is 0.466. The number of thioether (sulfide) groups is 1. The second kappa shape index (κ2) is 9.23. The van der Waals surface area contributed by atoms with E-state index in [2.05, 4.69) is 25.3 Å². The summed E-state index contributed by atoms with van der Waals surface area (Å²) in [5.41, 5.74) is 2.94. The zero-order chi connectivity index (χ0) is 21.0. The van der Waals surface area contributed by atoms with Crippen molar-refractivity contribution in [1.29, 1.82) is 0 Å². The van der Waals surface area contributed by atoms with Crippen LogP contribution in [0.25, 0.3) is 22.3 Å². The maximum absolute atomic E-state index is 12.0. The van der Waals surface area contributed by atoms with E-state index >= 15 is 0 Å². The van der Waals surface area contributed by atoms with Gasteiger partial charge in [-0.3, -0.25) is 4.98 Å². The van der Waals surface area contributed by atoms with Gasteiger partial charge in [0.1, 0.15) is 11.0 Å². The highest BCUT2D eigenvalue weighted by molar-refractivity contribution is 7.99. The van der Waals surface area contributed by atoms with Gasteiger partial charge in [-0.1, -0.05) is 12.1 Å². The van der Waals surface area contributed by atoms with E-state index < -0.39 is 10.0 Å². The molecule has 11 heteroatoms. The Morgan fingerprint density at radius 1 is 1.23 bits per heavy atom. The number of anilines is 1. The lowest BCUT2D eigenvalue weighted by atomic mass is 10.1. The molecule has 0 radical (unpaired) electrons. The number of hydrogen-bond donors (Lipinski definition) is 3. The highest BCUT2D eigenvalue weighted by Gasteiger charge is 2.15. The highest BCUT2D eigenvalue weighted by Crippen LogP contribution is 2.27. The minimum Gasteiger partial charge on any atom is -0.365 e. The Bertz CT molecular complexity index is 1120. The largest absolute Gasteiger partial charge is 0.365 e. The van der Waals surface area contributed by atoms with Gasteiger partial charge in [0.15, 0.2) is 5.82 Å². The van der Waals surface area contributed by atoms with Crippen molar-refractivity contribution in [2.75, 3.05) is 37.9 Å². The number of rotatable bonds is 7. The van der Waals surface area contributed by atoms with Crippen molar-refractivity contribution in [3.05, 3.63) is 42.7 Å². The van der Waals surface area contributed by atoms with Gasteiger partial charge in [-0.25, -0.2) is 23.1 Å². The molecule has 1 atom stereocenters. The number of benzene rings is 1. The first-order chi connectivity index (χ1) is 14.6. The second-order valence-corrected chi connectivity index (χ2v) is 9.54. The lowest BCUT2D eigenvalue weighted by Gasteiger charge is -2.23. The standard InChI is InChI=1S/C19H22N6O3S2/c1-20-30(26,27)14-4-2-13(3-5-14)15-10-16-18(23-7-6-22-16)19(25-15)24-12-29-17-11-21-8-9-28-17/h2-7,10,17,20-21H,8-9,11-12H2,1H3,(H,24,25). The van der Waals surface area contributed by atoms with Crippen molar-refractivity contribution < 1.29 is 13.2 Å². The van der Waals surface area contributed by atoms with Gasteiger partial charge in [-0.05, 0) is 25.2 Å². The summed E-state index contributed by atoms with van der Waals surface area (Å²) in [7, 11) is -2.10. The maximum atomic E-state index is 12.0. The average molecular weight is 447 g/mol. The van der Waals surface area contributed by atoms with Gasteiger partial charge in [-0.15, -0.1) is 11.8 Å². The van der Waals surface area contributed by atoms with Crippen LogP contribution >= 0.6 is 11.8 Å². The molecular formula is C19H22N6O3S2. The number of morpholine rings is 1. The summed E-state index contributed by atoms with van der Waals surface area (Å²) in [6.45, 7) is 2.39. The van der Waals surface area contributed by atoms with E-state index in [9.17, 15) is 8.42 Å². The molecule has 9 nitrogen and oxygen atoms in total. The summed E-state index contributed by atoms with van der Waals surface area (Å²) in [5, 5.41) is 6.63. The first kappa shape index (κ1) is 20.9. The molecule has 0 aliphatic carbocycles. The van der Waals surface area contributed by atoms with Crippen molar-refractivity contribution in [1.82, 2.24) is 25.0 Å². The van der Waals surface area contributed by atoms with E-state index in [4.69, 9.17) is 9.72 Å². The fraction of sp³-hybridized carbons (Fsp3) is 0.316. The molecular weight excluding hydrogens is 424 g/mol. The molecule has 0 saturated carbocycles. The zero-order valence-corrected chi connectivity index (χ0v) is 18.0. The molecule has 3 N–H and O–H groups in total. The Kier molecular flexibility index (Phi) is 6.44. The number of nitrogens with one attached hydrogen (secondary N) is 3. The Labute approximate surface area is 179 Å². The van der Waals surface area contributed by atoms with Gasteiger partial charge in [-0.2, -0.15) is 0 Å². The first-order valence-corrected chi connectivity index (χ1v) is 11.9. The zero-order valence-electron chi connectivity index (χ0n) is 16.3. The molecule has 1 aliphatic heterocycles. The summed E-state index contributed by atoms with van der Waals surface area (Å²) in [5.74, 6) is 1.23. The minimum atomic E-state index is -3.49. The number of fused-ring (bicyclic) bond motifs is 1. The smallest absolute Gasteiger partial charge is 0.240 e. The maximum Gasteiger partial charge on any atom is 0.240 e. The van der Waals surface area contributed by atoms with E-state index in [0.717, 1.165) is 18.7 Å². The second-order valence-electron chi connectivity index (χ2n) is 6.50. The number of nitrogens with zero attached hydrogens (tertiary/aromatic N) is 3. The lowest BCUT2D eigenvalue weighted by molar-refractivity contribution is 0.0853. The third-order valence-corrected chi connectivity index (χ3v) is 7.00. The van der Waals surface area contributed by atoms with Crippen molar-refractivity contribution in [3.63, 3.8) is 0 Å². The summed E-state index contributed by atoms with van der Waals surface area (Å²) in [4.78, 5) is 13.7. The number of aromatic nitrogens is 3. The molecule has 3 heterocycles. The average Bonchev–Trinajstić information content (AvgIpc) is 2.79. The summed E-state index contributed by atoms with van der Waals surface area (Å²) < 4.78 is 31.9. The van der Waals surface area contributed by atoms with Crippen LogP contribution < -0.4 is 15.4 Å². The van der Waals surface area contributed by atoms with Crippen LogP contribution in [0.1, 0.15) is 0 Å². The molecule has 2 aromatic heterocycles. The van der Waals surface area contributed by atoms with Crippen molar-refractivity contribution in [2.45, 2.75) is 10.3 Å². The number of sulfonamides is 1. The van der Waals surface area contributed by atoms with Crippen molar-refractivity contribution in [2.24, 2.45) is 0 Å². The van der Waals surface area contributed by atoms with Crippen LogP contribution in [0.4, 0.5) is 5.82 Å². The van der Waals surface area contributed by atoms with Crippen LogP contribution in [0, 0.1) is 0 Å². The fourth-order valence-corrected chi connectivity index (χ4v) is 4.58. The summed E-state index contributed by atoms with van der Waals surface area (Å²) >= 11 is 1.65. The third kappa shape index (κ3) is 4.71.